The maximum Gasteiger partial charge on any atom is 0.337 e. The Hall–Kier alpha value is -3.34. The van der Waals surface area contributed by atoms with Gasteiger partial charge in [-0.1, -0.05) is 103 Å². The molecule has 0 spiro atoms. The molecule has 0 amide bonds. The summed E-state index contributed by atoms with van der Waals surface area (Å²) in [5.41, 5.74) is 5.53. The minimum absolute atomic E-state index is 0.298. The molecule has 4 heteroatoms. The van der Waals surface area contributed by atoms with Crippen LogP contribution in [-0.4, -0.2) is 25.4 Å². The van der Waals surface area contributed by atoms with Crippen molar-refractivity contribution < 1.29 is 9.53 Å². The molecular formula is C30H29NO2S. The lowest BCUT2D eigenvalue weighted by Crippen LogP contribution is -2.28. The fraction of sp³-hybridized carbons (Fsp3) is 0.167. The van der Waals surface area contributed by atoms with Gasteiger partial charge in [0.25, 0.3) is 0 Å². The van der Waals surface area contributed by atoms with E-state index >= 15 is 0 Å². The lowest BCUT2D eigenvalue weighted by Gasteiger charge is -2.35. The Kier molecular flexibility index (Phi) is 8.18. The van der Waals surface area contributed by atoms with Crippen LogP contribution in [0.25, 0.3) is 0 Å². The number of hydrogen-bond acceptors (Lipinski definition) is 4. The fourth-order valence-electron chi connectivity index (χ4n) is 4.15. The molecule has 1 N–H and O–H groups in total. The number of nitrogens with one attached hydrogen (secondary N) is 1. The second-order valence-corrected chi connectivity index (χ2v) is 9.30. The Bertz CT molecular complexity index is 1070. The summed E-state index contributed by atoms with van der Waals surface area (Å²) in [6, 6.07) is 39.8. The zero-order valence-corrected chi connectivity index (χ0v) is 20.1. The van der Waals surface area contributed by atoms with Gasteiger partial charge in [0.05, 0.1) is 17.4 Å². The van der Waals surface area contributed by atoms with Crippen molar-refractivity contribution in [3.8, 4) is 0 Å². The summed E-state index contributed by atoms with van der Waals surface area (Å²) in [6.07, 6.45) is 0. The first-order chi connectivity index (χ1) is 16.7. The molecule has 0 aliphatic carbocycles. The van der Waals surface area contributed by atoms with Gasteiger partial charge in [0.15, 0.2) is 0 Å². The third-order valence-corrected chi connectivity index (χ3v) is 7.39. The van der Waals surface area contributed by atoms with Crippen LogP contribution < -0.4 is 5.32 Å². The van der Waals surface area contributed by atoms with E-state index in [0.717, 1.165) is 24.4 Å². The van der Waals surface area contributed by atoms with Crippen LogP contribution in [0.2, 0.25) is 0 Å². The summed E-state index contributed by atoms with van der Waals surface area (Å²) in [5, 5.41) is 3.55. The van der Waals surface area contributed by atoms with Crippen molar-refractivity contribution in [3.05, 3.63) is 143 Å². The fourth-order valence-corrected chi connectivity index (χ4v) is 5.61. The van der Waals surface area contributed by atoms with Gasteiger partial charge in [-0.05, 0) is 34.4 Å². The molecule has 0 heterocycles. The highest BCUT2D eigenvalue weighted by Gasteiger charge is 2.36. The van der Waals surface area contributed by atoms with Crippen molar-refractivity contribution in [1.82, 2.24) is 5.32 Å². The Morgan fingerprint density at radius 1 is 0.735 bits per heavy atom. The van der Waals surface area contributed by atoms with Crippen LogP contribution in [0.3, 0.4) is 0 Å². The zero-order valence-electron chi connectivity index (χ0n) is 19.3. The highest BCUT2D eigenvalue weighted by molar-refractivity contribution is 8.00. The average Bonchev–Trinajstić information content (AvgIpc) is 2.92. The van der Waals surface area contributed by atoms with E-state index in [1.807, 2.05) is 36.0 Å². The van der Waals surface area contributed by atoms with Gasteiger partial charge in [-0.2, -0.15) is 0 Å². The maximum absolute atomic E-state index is 11.6. The second-order valence-electron chi connectivity index (χ2n) is 7.99. The Balaban J connectivity index is 1.51. The molecule has 34 heavy (non-hydrogen) atoms. The first kappa shape index (κ1) is 23.8. The van der Waals surface area contributed by atoms with Crippen LogP contribution in [0.15, 0.2) is 115 Å². The Labute approximate surface area is 206 Å². The lowest BCUT2D eigenvalue weighted by molar-refractivity contribution is 0.0600. The van der Waals surface area contributed by atoms with E-state index in [4.69, 9.17) is 4.74 Å². The monoisotopic (exact) mass is 467 g/mol. The second kappa shape index (κ2) is 11.7. The molecule has 4 rings (SSSR count). The summed E-state index contributed by atoms with van der Waals surface area (Å²) in [4.78, 5) is 11.6. The number of methoxy groups -OCH3 is 1. The number of carbonyl (C=O) groups excluding carboxylic acids is 1. The molecule has 172 valence electrons. The van der Waals surface area contributed by atoms with Crippen LogP contribution in [-0.2, 0) is 16.0 Å². The predicted molar refractivity (Wildman–Crippen MR) is 141 cm³/mol. The van der Waals surface area contributed by atoms with Crippen LogP contribution >= 0.6 is 11.8 Å². The van der Waals surface area contributed by atoms with E-state index in [1.165, 1.54) is 23.8 Å². The van der Waals surface area contributed by atoms with Gasteiger partial charge in [-0.3, -0.25) is 0 Å². The third kappa shape index (κ3) is 5.41. The Morgan fingerprint density at radius 2 is 1.21 bits per heavy atom. The number of ether oxygens (including phenoxy) is 1. The van der Waals surface area contributed by atoms with E-state index < -0.39 is 0 Å². The molecule has 0 fully saturated rings. The van der Waals surface area contributed by atoms with E-state index in [1.54, 1.807) is 0 Å². The number of thioether (sulfide) groups is 1. The third-order valence-electron chi connectivity index (χ3n) is 5.84. The first-order valence-corrected chi connectivity index (χ1v) is 12.4. The van der Waals surface area contributed by atoms with Crippen LogP contribution in [0, 0.1) is 0 Å². The van der Waals surface area contributed by atoms with E-state index in [9.17, 15) is 4.79 Å². The van der Waals surface area contributed by atoms with Gasteiger partial charge >= 0.3 is 5.97 Å². The van der Waals surface area contributed by atoms with Crippen LogP contribution in [0.1, 0.15) is 32.6 Å². The molecule has 4 aromatic carbocycles. The van der Waals surface area contributed by atoms with Crippen molar-refractivity contribution >= 4 is 17.7 Å². The van der Waals surface area contributed by atoms with Crippen molar-refractivity contribution in [2.45, 2.75) is 11.3 Å². The van der Waals surface area contributed by atoms with Gasteiger partial charge < -0.3 is 10.1 Å². The summed E-state index contributed by atoms with van der Waals surface area (Å²) in [5.74, 6) is 0.619. The van der Waals surface area contributed by atoms with Gasteiger partial charge in [0, 0.05) is 18.8 Å². The average molecular weight is 468 g/mol. The van der Waals surface area contributed by atoms with Gasteiger partial charge in [0.1, 0.15) is 0 Å². The first-order valence-electron chi connectivity index (χ1n) is 11.4. The highest BCUT2D eigenvalue weighted by atomic mass is 32.2. The van der Waals surface area contributed by atoms with Gasteiger partial charge in [0.2, 0.25) is 0 Å². The van der Waals surface area contributed by atoms with Gasteiger partial charge in [-0.25, -0.2) is 4.79 Å². The van der Waals surface area contributed by atoms with Gasteiger partial charge in [-0.15, -0.1) is 11.8 Å². The quantitative estimate of drug-likeness (QED) is 0.169. The standard InChI is InChI=1S/C30H29NO2S/c1-33-29(32)25-19-17-24(18-20-25)23-31-21-22-34-30(26-11-5-2-6-12-26,27-13-7-3-8-14-27)28-15-9-4-10-16-28/h2-20,31H,21-23H2,1H3. The number of hydrogen-bond donors (Lipinski definition) is 1. The van der Waals surface area contributed by atoms with Crippen molar-refractivity contribution in [3.63, 3.8) is 0 Å². The van der Waals surface area contributed by atoms with Crippen LogP contribution in [0.4, 0.5) is 0 Å². The molecule has 0 aromatic heterocycles. The van der Waals surface area contributed by atoms with E-state index in [0.29, 0.717) is 5.56 Å². The van der Waals surface area contributed by atoms with E-state index in [2.05, 4.69) is 96.3 Å². The smallest absolute Gasteiger partial charge is 0.337 e. The molecule has 0 radical (unpaired) electrons. The minimum Gasteiger partial charge on any atom is -0.465 e. The largest absolute Gasteiger partial charge is 0.465 e. The lowest BCUT2D eigenvalue weighted by atomic mass is 9.84. The Morgan fingerprint density at radius 3 is 1.65 bits per heavy atom. The topological polar surface area (TPSA) is 38.3 Å². The number of rotatable bonds is 10. The number of benzene rings is 4. The zero-order chi connectivity index (χ0) is 23.6. The molecule has 4 aromatic rings. The summed E-state index contributed by atoms with van der Waals surface area (Å²) >= 11 is 1.95. The predicted octanol–water partition coefficient (Wildman–Crippen LogP) is 6.29. The molecule has 0 saturated carbocycles. The molecule has 0 aliphatic heterocycles. The molecule has 0 unspecified atom stereocenters. The molecule has 0 aliphatic rings. The summed E-state index contributed by atoms with van der Waals surface area (Å²) in [6.45, 7) is 1.61. The molecule has 0 atom stereocenters. The number of carbonyl (C=O) groups is 1. The summed E-state index contributed by atoms with van der Waals surface area (Å²) < 4.78 is 4.48. The molecule has 3 nitrogen and oxygen atoms in total. The molecule has 0 saturated heterocycles. The van der Waals surface area contributed by atoms with Crippen LogP contribution in [0.5, 0.6) is 0 Å². The molecule has 0 bridgehead atoms. The molecular weight excluding hydrogens is 438 g/mol. The SMILES string of the molecule is COC(=O)c1ccc(CNCCSC(c2ccccc2)(c2ccccc2)c2ccccc2)cc1. The highest BCUT2D eigenvalue weighted by Crippen LogP contribution is 2.48. The summed E-state index contributed by atoms with van der Waals surface area (Å²) in [7, 11) is 1.40. The van der Waals surface area contributed by atoms with E-state index in [-0.39, 0.29) is 10.7 Å². The van der Waals surface area contributed by atoms with Crippen molar-refractivity contribution in [1.29, 1.82) is 0 Å². The number of esters is 1. The maximum atomic E-state index is 11.6. The normalized spacial score (nSPS) is 11.2. The van der Waals surface area contributed by atoms with Crippen molar-refractivity contribution in [2.24, 2.45) is 0 Å². The minimum atomic E-state index is -0.310. The van der Waals surface area contributed by atoms with Crippen molar-refractivity contribution in [2.75, 3.05) is 19.4 Å².